The molecule has 0 saturated heterocycles. The van der Waals surface area contributed by atoms with Crippen molar-refractivity contribution in [3.8, 4) is 17.1 Å². The molecule has 0 aliphatic carbocycles. The van der Waals surface area contributed by atoms with Crippen LogP contribution in [0.2, 0.25) is 0 Å². The molecule has 2 aromatic rings. The minimum Gasteiger partial charge on any atom is -0.475 e. The van der Waals surface area contributed by atoms with Crippen LogP contribution in [0.25, 0.3) is 11.3 Å². The van der Waals surface area contributed by atoms with Crippen molar-refractivity contribution < 1.29 is 4.74 Å². The van der Waals surface area contributed by atoms with Crippen molar-refractivity contribution in [2.75, 3.05) is 6.61 Å². The number of hydrogen-bond donors (Lipinski definition) is 0. The summed E-state index contributed by atoms with van der Waals surface area (Å²) < 4.78 is 13.8. The number of aromatic nitrogens is 3. The molecule has 2 aromatic heterocycles. The lowest BCUT2D eigenvalue weighted by molar-refractivity contribution is 0.309. The molecular weight excluding hydrogens is 210 g/mol. The van der Waals surface area contributed by atoms with E-state index in [2.05, 4.69) is 20.7 Å². The van der Waals surface area contributed by atoms with Crippen molar-refractivity contribution in [2.45, 2.75) is 13.3 Å². The average molecular weight is 221 g/mol. The number of nitrogens with zero attached hydrogens (tertiary/aromatic N) is 3. The van der Waals surface area contributed by atoms with Crippen molar-refractivity contribution in [3.63, 3.8) is 0 Å². The van der Waals surface area contributed by atoms with Gasteiger partial charge in [-0.3, -0.25) is 4.98 Å². The molecule has 0 aromatic carbocycles. The van der Waals surface area contributed by atoms with E-state index in [-0.39, 0.29) is 0 Å². The second-order valence-electron chi connectivity index (χ2n) is 3.01. The predicted octanol–water partition coefficient (Wildman–Crippen LogP) is 2.39. The van der Waals surface area contributed by atoms with Crippen LogP contribution in [-0.4, -0.2) is 20.3 Å². The summed E-state index contributed by atoms with van der Waals surface area (Å²) in [7, 11) is 0. The normalized spacial score (nSPS) is 10.2. The topological polar surface area (TPSA) is 47.9 Å². The molecule has 0 aliphatic heterocycles. The van der Waals surface area contributed by atoms with Crippen LogP contribution < -0.4 is 4.74 Å². The Morgan fingerprint density at radius 1 is 1.40 bits per heavy atom. The number of hydrogen-bond acceptors (Lipinski definition) is 5. The summed E-state index contributed by atoms with van der Waals surface area (Å²) in [5, 5.41) is 0. The third kappa shape index (κ3) is 2.30. The zero-order valence-corrected chi connectivity index (χ0v) is 9.20. The maximum absolute atomic E-state index is 5.49. The molecule has 0 aliphatic rings. The average Bonchev–Trinajstić information content (AvgIpc) is 2.75. The van der Waals surface area contributed by atoms with Gasteiger partial charge in [-0.2, -0.15) is 4.37 Å². The molecule has 0 radical (unpaired) electrons. The molecule has 0 amide bonds. The SMILES string of the molecule is CCCOc1nsnc1-c1cccnc1. The van der Waals surface area contributed by atoms with Gasteiger partial charge in [0.05, 0.1) is 18.3 Å². The van der Waals surface area contributed by atoms with E-state index in [4.69, 9.17) is 4.74 Å². The van der Waals surface area contributed by atoms with Gasteiger partial charge in [-0.05, 0) is 18.6 Å². The smallest absolute Gasteiger partial charge is 0.254 e. The van der Waals surface area contributed by atoms with Crippen molar-refractivity contribution in [2.24, 2.45) is 0 Å². The standard InChI is InChI=1S/C10H11N3OS/c1-2-6-14-10-9(12-15-13-10)8-4-3-5-11-7-8/h3-5,7H,2,6H2,1H3. The number of ether oxygens (including phenoxy) is 1. The third-order valence-electron chi connectivity index (χ3n) is 1.84. The Morgan fingerprint density at radius 2 is 2.33 bits per heavy atom. The maximum atomic E-state index is 5.49. The molecule has 15 heavy (non-hydrogen) atoms. The summed E-state index contributed by atoms with van der Waals surface area (Å²) in [6.07, 6.45) is 4.45. The Kier molecular flexibility index (Phi) is 3.24. The van der Waals surface area contributed by atoms with Gasteiger partial charge in [-0.25, -0.2) is 0 Å². The largest absolute Gasteiger partial charge is 0.475 e. The summed E-state index contributed by atoms with van der Waals surface area (Å²) in [4.78, 5) is 4.04. The van der Waals surface area contributed by atoms with E-state index in [1.54, 1.807) is 12.4 Å². The molecule has 2 heterocycles. The van der Waals surface area contributed by atoms with Gasteiger partial charge in [0.15, 0.2) is 0 Å². The zero-order valence-electron chi connectivity index (χ0n) is 8.38. The van der Waals surface area contributed by atoms with Crippen LogP contribution in [0.4, 0.5) is 0 Å². The first-order chi connectivity index (χ1) is 7.42. The highest BCUT2D eigenvalue weighted by molar-refractivity contribution is 6.99. The lowest BCUT2D eigenvalue weighted by atomic mass is 10.2. The van der Waals surface area contributed by atoms with Gasteiger partial charge in [0.25, 0.3) is 5.88 Å². The molecular formula is C10H11N3OS. The van der Waals surface area contributed by atoms with Crippen LogP contribution in [0.5, 0.6) is 5.88 Å². The van der Waals surface area contributed by atoms with E-state index < -0.39 is 0 Å². The van der Waals surface area contributed by atoms with Crippen LogP contribution in [0.3, 0.4) is 0 Å². The Balaban J connectivity index is 2.25. The highest BCUT2D eigenvalue weighted by atomic mass is 32.1. The predicted molar refractivity (Wildman–Crippen MR) is 58.9 cm³/mol. The fourth-order valence-electron chi connectivity index (χ4n) is 1.15. The fraction of sp³-hybridized carbons (Fsp3) is 0.300. The lowest BCUT2D eigenvalue weighted by Gasteiger charge is -2.02. The van der Waals surface area contributed by atoms with Gasteiger partial charge in [0.2, 0.25) is 0 Å². The van der Waals surface area contributed by atoms with Gasteiger partial charge < -0.3 is 4.74 Å². The van der Waals surface area contributed by atoms with Crippen molar-refractivity contribution in [1.29, 1.82) is 0 Å². The van der Waals surface area contributed by atoms with Crippen LogP contribution in [0.1, 0.15) is 13.3 Å². The number of rotatable bonds is 4. The van der Waals surface area contributed by atoms with E-state index in [1.807, 2.05) is 12.1 Å². The van der Waals surface area contributed by atoms with E-state index in [0.29, 0.717) is 12.5 Å². The molecule has 0 N–H and O–H groups in total. The Hall–Kier alpha value is -1.49. The Bertz CT molecular complexity index is 416. The molecule has 0 fully saturated rings. The fourth-order valence-corrected chi connectivity index (χ4v) is 1.67. The molecule has 0 saturated carbocycles. The van der Waals surface area contributed by atoms with Crippen molar-refractivity contribution in [1.82, 2.24) is 13.7 Å². The van der Waals surface area contributed by atoms with Crippen molar-refractivity contribution in [3.05, 3.63) is 24.5 Å². The van der Waals surface area contributed by atoms with Gasteiger partial charge in [-0.1, -0.05) is 6.92 Å². The molecule has 4 nitrogen and oxygen atoms in total. The Morgan fingerprint density at radius 3 is 3.07 bits per heavy atom. The first-order valence-corrected chi connectivity index (χ1v) is 5.50. The summed E-state index contributed by atoms with van der Waals surface area (Å²) in [6.45, 7) is 2.72. The van der Waals surface area contributed by atoms with Crippen LogP contribution in [0, 0.1) is 0 Å². The minimum absolute atomic E-state index is 0.606. The molecule has 0 atom stereocenters. The van der Waals surface area contributed by atoms with Crippen LogP contribution >= 0.6 is 11.7 Å². The molecule has 78 valence electrons. The quantitative estimate of drug-likeness (QED) is 0.795. The maximum Gasteiger partial charge on any atom is 0.254 e. The monoisotopic (exact) mass is 221 g/mol. The first-order valence-electron chi connectivity index (χ1n) is 4.77. The third-order valence-corrected chi connectivity index (χ3v) is 2.35. The lowest BCUT2D eigenvalue weighted by Crippen LogP contribution is -1.96. The molecule has 2 rings (SSSR count). The van der Waals surface area contributed by atoms with E-state index >= 15 is 0 Å². The van der Waals surface area contributed by atoms with Crippen LogP contribution in [-0.2, 0) is 0 Å². The minimum atomic E-state index is 0.606. The van der Waals surface area contributed by atoms with Crippen molar-refractivity contribution >= 4 is 11.7 Å². The highest BCUT2D eigenvalue weighted by Crippen LogP contribution is 2.26. The van der Waals surface area contributed by atoms with Gasteiger partial charge in [0.1, 0.15) is 5.69 Å². The first kappa shape index (κ1) is 10.0. The Labute approximate surface area is 92.3 Å². The van der Waals surface area contributed by atoms with Gasteiger partial charge in [-0.15, -0.1) is 4.37 Å². The van der Waals surface area contributed by atoms with Gasteiger partial charge in [0, 0.05) is 18.0 Å². The molecule has 0 unspecified atom stereocenters. The highest BCUT2D eigenvalue weighted by Gasteiger charge is 2.11. The summed E-state index contributed by atoms with van der Waals surface area (Å²) in [5.41, 5.74) is 1.72. The molecule has 5 heteroatoms. The summed E-state index contributed by atoms with van der Waals surface area (Å²) in [5.74, 6) is 0.606. The van der Waals surface area contributed by atoms with E-state index in [1.165, 1.54) is 0 Å². The summed E-state index contributed by atoms with van der Waals surface area (Å²) in [6, 6.07) is 3.82. The molecule has 0 bridgehead atoms. The second-order valence-corrected chi connectivity index (χ2v) is 3.54. The number of pyridine rings is 1. The van der Waals surface area contributed by atoms with Gasteiger partial charge >= 0.3 is 0 Å². The van der Waals surface area contributed by atoms with E-state index in [9.17, 15) is 0 Å². The zero-order chi connectivity index (χ0) is 10.5. The molecule has 0 spiro atoms. The summed E-state index contributed by atoms with van der Waals surface area (Å²) >= 11 is 1.16. The van der Waals surface area contributed by atoms with E-state index in [0.717, 1.165) is 29.4 Å². The van der Waals surface area contributed by atoms with Crippen LogP contribution in [0.15, 0.2) is 24.5 Å². The second kappa shape index (κ2) is 4.84.